The molecule has 0 aliphatic carbocycles. The molecule has 1 amide bonds. The molecule has 10 nitrogen and oxygen atoms in total. The number of carbonyl (C=O) groups is 1. The van der Waals surface area contributed by atoms with Gasteiger partial charge in [0.2, 0.25) is 10.0 Å². The van der Waals surface area contributed by atoms with E-state index in [0.29, 0.717) is 19.8 Å². The van der Waals surface area contributed by atoms with E-state index >= 15 is 0 Å². The first kappa shape index (κ1) is 19.0. The number of aromatic nitrogens is 4. The lowest BCUT2D eigenvalue weighted by molar-refractivity contribution is 0.0922. The minimum Gasteiger partial charge on any atom is -0.380 e. The van der Waals surface area contributed by atoms with E-state index in [1.807, 2.05) is 6.92 Å². The number of H-pyrrole nitrogens is 1. The maximum atomic E-state index is 12.5. The van der Waals surface area contributed by atoms with Crippen LogP contribution in [0.1, 0.15) is 36.1 Å². The largest absolute Gasteiger partial charge is 0.380 e. The van der Waals surface area contributed by atoms with Crippen LogP contribution in [0.5, 0.6) is 0 Å². The molecule has 0 bridgehead atoms. The quantitative estimate of drug-likeness (QED) is 0.530. The number of hydrogen-bond acceptors (Lipinski definition) is 7. The van der Waals surface area contributed by atoms with E-state index in [4.69, 9.17) is 4.74 Å². The number of ether oxygens (including phenoxy) is 1. The van der Waals surface area contributed by atoms with Crippen molar-refractivity contribution in [2.24, 2.45) is 0 Å². The predicted octanol–water partition coefficient (Wildman–Crippen LogP) is 0.00550. The van der Waals surface area contributed by atoms with Gasteiger partial charge in [0, 0.05) is 18.7 Å². The van der Waals surface area contributed by atoms with E-state index in [1.54, 1.807) is 6.92 Å². The summed E-state index contributed by atoms with van der Waals surface area (Å²) in [5.41, 5.74) is 0.242. The summed E-state index contributed by atoms with van der Waals surface area (Å²) in [6, 6.07) is 5.08. The highest BCUT2D eigenvalue weighted by Crippen LogP contribution is 2.15. The molecule has 25 heavy (non-hydrogen) atoms. The van der Waals surface area contributed by atoms with Gasteiger partial charge >= 0.3 is 0 Å². The van der Waals surface area contributed by atoms with Crippen molar-refractivity contribution in [3.8, 4) is 0 Å². The number of sulfonamides is 1. The number of rotatable bonds is 9. The molecule has 2 rings (SSSR count). The highest BCUT2D eigenvalue weighted by Gasteiger charge is 2.21. The Morgan fingerprint density at radius 1 is 1.40 bits per heavy atom. The molecule has 2 aromatic rings. The highest BCUT2D eigenvalue weighted by molar-refractivity contribution is 7.89. The molecule has 3 N–H and O–H groups in total. The Bertz CT molecular complexity index is 793. The van der Waals surface area contributed by atoms with Gasteiger partial charge in [-0.05, 0) is 32.0 Å². The zero-order chi connectivity index (χ0) is 18.3. The molecule has 0 saturated heterocycles. The number of carbonyl (C=O) groups excluding carboxylic acids is 1. The number of tetrazole rings is 1. The molecule has 0 fully saturated rings. The summed E-state index contributed by atoms with van der Waals surface area (Å²) in [5.74, 6) is -0.156. The number of aromatic amines is 1. The second-order valence-corrected chi connectivity index (χ2v) is 6.81. The minimum absolute atomic E-state index is 0.0275. The fourth-order valence-corrected chi connectivity index (χ4v) is 3.24. The van der Waals surface area contributed by atoms with Gasteiger partial charge in [0.15, 0.2) is 5.82 Å². The second-order valence-electron chi connectivity index (χ2n) is 5.09. The number of nitrogens with zero attached hydrogens (tertiary/aromatic N) is 3. The molecule has 1 aromatic carbocycles. The van der Waals surface area contributed by atoms with Crippen molar-refractivity contribution in [3.05, 3.63) is 35.7 Å². The van der Waals surface area contributed by atoms with Gasteiger partial charge in [-0.25, -0.2) is 13.1 Å². The van der Waals surface area contributed by atoms with Crippen molar-refractivity contribution in [3.63, 3.8) is 0 Å². The zero-order valence-electron chi connectivity index (χ0n) is 13.9. The normalized spacial score (nSPS) is 12.7. The van der Waals surface area contributed by atoms with Crippen molar-refractivity contribution >= 4 is 15.9 Å². The average molecular weight is 368 g/mol. The van der Waals surface area contributed by atoms with Gasteiger partial charge in [0.1, 0.15) is 0 Å². The molecule has 0 saturated carbocycles. The first-order valence-electron chi connectivity index (χ1n) is 7.65. The Hall–Kier alpha value is -2.37. The maximum absolute atomic E-state index is 12.5. The summed E-state index contributed by atoms with van der Waals surface area (Å²) in [6.07, 6.45) is 0. The van der Waals surface area contributed by atoms with E-state index in [0.717, 1.165) is 0 Å². The Balaban J connectivity index is 2.07. The summed E-state index contributed by atoms with van der Waals surface area (Å²) in [5, 5.41) is 15.8. The van der Waals surface area contributed by atoms with Crippen LogP contribution in [0.25, 0.3) is 0 Å². The van der Waals surface area contributed by atoms with E-state index in [9.17, 15) is 13.2 Å². The third-order valence-electron chi connectivity index (χ3n) is 3.22. The number of nitrogens with one attached hydrogen (secondary N) is 3. The second kappa shape index (κ2) is 8.65. The summed E-state index contributed by atoms with van der Waals surface area (Å²) >= 11 is 0. The highest BCUT2D eigenvalue weighted by atomic mass is 32.2. The topological polar surface area (TPSA) is 139 Å². The Morgan fingerprint density at radius 2 is 2.20 bits per heavy atom. The van der Waals surface area contributed by atoms with Crippen LogP contribution in [-0.2, 0) is 14.8 Å². The van der Waals surface area contributed by atoms with Crippen LogP contribution in [-0.4, -0.2) is 54.7 Å². The third-order valence-corrected chi connectivity index (χ3v) is 4.76. The molecule has 0 spiro atoms. The summed E-state index contributed by atoms with van der Waals surface area (Å²) in [4.78, 5) is 12.1. The summed E-state index contributed by atoms with van der Waals surface area (Å²) in [6.45, 7) is 4.75. The molecule has 0 aliphatic rings. The van der Waals surface area contributed by atoms with Crippen LogP contribution in [0, 0.1) is 0 Å². The van der Waals surface area contributed by atoms with Gasteiger partial charge < -0.3 is 10.1 Å². The van der Waals surface area contributed by atoms with Gasteiger partial charge in [-0.1, -0.05) is 11.3 Å². The van der Waals surface area contributed by atoms with Crippen molar-refractivity contribution in [2.75, 3.05) is 19.8 Å². The van der Waals surface area contributed by atoms with E-state index in [2.05, 4.69) is 30.7 Å². The molecule has 0 unspecified atom stereocenters. The Morgan fingerprint density at radius 3 is 2.88 bits per heavy atom. The van der Waals surface area contributed by atoms with Gasteiger partial charge in [0.25, 0.3) is 5.91 Å². The number of benzene rings is 1. The molecule has 1 aromatic heterocycles. The lowest BCUT2D eigenvalue weighted by Crippen LogP contribution is -2.29. The van der Waals surface area contributed by atoms with E-state index < -0.39 is 16.1 Å². The first-order valence-corrected chi connectivity index (χ1v) is 9.14. The van der Waals surface area contributed by atoms with Crippen LogP contribution in [0.3, 0.4) is 0 Å². The van der Waals surface area contributed by atoms with Crippen LogP contribution < -0.4 is 10.0 Å². The van der Waals surface area contributed by atoms with Crippen molar-refractivity contribution < 1.29 is 17.9 Å². The molecular weight excluding hydrogens is 348 g/mol. The standard InChI is InChI=1S/C14H20N6O4S/c1-3-24-8-7-15-14(21)11-5-4-6-12(9-11)25(22,23)18-10(2)13-16-19-20-17-13/h4-6,9-10,18H,3,7-8H2,1-2H3,(H,15,21)(H,16,17,19,20)/t10-/m0/s1. The van der Waals surface area contributed by atoms with Crippen molar-refractivity contribution in [1.29, 1.82) is 0 Å². The van der Waals surface area contributed by atoms with E-state index in [1.165, 1.54) is 24.3 Å². The number of hydrogen-bond donors (Lipinski definition) is 3. The maximum Gasteiger partial charge on any atom is 0.251 e. The smallest absolute Gasteiger partial charge is 0.251 e. The molecule has 11 heteroatoms. The van der Waals surface area contributed by atoms with Crippen molar-refractivity contribution in [1.82, 2.24) is 30.7 Å². The molecule has 1 atom stereocenters. The fourth-order valence-electron chi connectivity index (χ4n) is 1.99. The SMILES string of the molecule is CCOCCNC(=O)c1cccc(S(=O)(=O)N[C@@H](C)c2nn[nH]n2)c1. The summed E-state index contributed by atoms with van der Waals surface area (Å²) < 4.78 is 32.5. The molecular formula is C14H20N6O4S. The first-order chi connectivity index (χ1) is 11.9. The lowest BCUT2D eigenvalue weighted by atomic mass is 10.2. The minimum atomic E-state index is -3.85. The van der Waals surface area contributed by atoms with Gasteiger partial charge in [-0.15, -0.1) is 10.2 Å². The molecule has 136 valence electrons. The van der Waals surface area contributed by atoms with Crippen LogP contribution >= 0.6 is 0 Å². The zero-order valence-corrected chi connectivity index (χ0v) is 14.7. The summed E-state index contributed by atoms with van der Waals surface area (Å²) in [7, 11) is -3.85. The fraction of sp³-hybridized carbons (Fsp3) is 0.429. The van der Waals surface area contributed by atoms with Crippen LogP contribution in [0.2, 0.25) is 0 Å². The average Bonchev–Trinajstić information content (AvgIpc) is 3.13. The lowest BCUT2D eigenvalue weighted by Gasteiger charge is -2.12. The van der Waals surface area contributed by atoms with Gasteiger partial charge in [-0.3, -0.25) is 4.79 Å². The molecule has 1 heterocycles. The Kier molecular flexibility index (Phi) is 6.56. The predicted molar refractivity (Wildman–Crippen MR) is 88.2 cm³/mol. The van der Waals surface area contributed by atoms with Gasteiger partial charge in [0.05, 0.1) is 17.5 Å². The van der Waals surface area contributed by atoms with Crippen molar-refractivity contribution in [2.45, 2.75) is 24.8 Å². The van der Waals surface area contributed by atoms with Crippen LogP contribution in [0.15, 0.2) is 29.2 Å². The molecule has 0 aliphatic heterocycles. The number of amides is 1. The van der Waals surface area contributed by atoms with E-state index in [-0.39, 0.29) is 22.2 Å². The molecule has 0 radical (unpaired) electrons. The monoisotopic (exact) mass is 368 g/mol. The Labute approximate surface area is 145 Å². The van der Waals surface area contributed by atoms with Crippen LogP contribution in [0.4, 0.5) is 0 Å². The third kappa shape index (κ3) is 5.31. The van der Waals surface area contributed by atoms with Gasteiger partial charge in [-0.2, -0.15) is 5.21 Å².